The zero-order valence-electron chi connectivity index (χ0n) is 11.2. The van der Waals surface area contributed by atoms with Gasteiger partial charge in [0.2, 0.25) is 0 Å². The monoisotopic (exact) mass is 206 g/mol. The van der Waals surface area contributed by atoms with E-state index in [0.29, 0.717) is 0 Å². The zero-order chi connectivity index (χ0) is 11.4. The third kappa shape index (κ3) is 14.4. The van der Waals surface area contributed by atoms with Crippen LogP contribution < -0.4 is 10.2 Å². The molecule has 0 aliphatic carbocycles. The maximum Gasteiger partial charge on any atom is 0.0795 e. The van der Waals surface area contributed by atoms with Crippen molar-refractivity contribution < 1.29 is 11.6 Å². The van der Waals surface area contributed by atoms with E-state index in [9.17, 15) is 0 Å². The van der Waals surface area contributed by atoms with Gasteiger partial charge in [0.05, 0.1) is 34.7 Å². The lowest BCUT2D eigenvalue weighted by Crippen LogP contribution is -3.06. The second-order valence-corrected chi connectivity index (χ2v) is 4.41. The van der Waals surface area contributed by atoms with Gasteiger partial charge in [-0.25, -0.2) is 0 Å². The molecule has 0 aromatic carbocycles. The van der Waals surface area contributed by atoms with Crippen LogP contribution in [0, 0.1) is 5.92 Å². The fraction of sp³-hybridized carbons (Fsp3) is 1.00. The number of nitrogens with two attached hydrogens (primary N) is 1. The van der Waals surface area contributed by atoms with Gasteiger partial charge in [-0.1, -0.05) is 26.7 Å². The average Bonchev–Trinajstić information content (AvgIpc) is 2.13. The highest BCUT2D eigenvalue weighted by Gasteiger charge is 2.08. The smallest absolute Gasteiger partial charge is 0.0795 e. The normalized spacial score (nSPS) is 12.2. The van der Waals surface area contributed by atoms with Gasteiger partial charge in [0.15, 0.2) is 0 Å². The average molecular weight is 206 g/mol. The van der Waals surface area contributed by atoms with Gasteiger partial charge in [-0.3, -0.25) is 0 Å². The van der Waals surface area contributed by atoms with Crippen LogP contribution in [0.2, 0.25) is 0 Å². The molecular formula is C12H34N2+2. The standard InChI is InChI=1S/C10H23N.C2H7N.H2/c1-5-7-8-10(6-2)9-11(3)4;1-3-2;/h10H,5-9H2,1-4H3;3H,1-2H3;1H/p+2. The van der Waals surface area contributed by atoms with Crippen molar-refractivity contribution in [1.29, 1.82) is 0 Å². The van der Waals surface area contributed by atoms with Crippen molar-refractivity contribution in [3.8, 4) is 0 Å². The summed E-state index contributed by atoms with van der Waals surface area (Å²) < 4.78 is 0. The molecule has 0 radical (unpaired) electrons. The Morgan fingerprint density at radius 2 is 1.71 bits per heavy atom. The van der Waals surface area contributed by atoms with E-state index in [1.54, 1.807) is 4.90 Å². The maximum absolute atomic E-state index is 2.31. The number of hydrogen-bond acceptors (Lipinski definition) is 0. The summed E-state index contributed by atoms with van der Waals surface area (Å²) in [6, 6.07) is 0. The number of rotatable bonds is 6. The van der Waals surface area contributed by atoms with Gasteiger partial charge in [0, 0.05) is 7.34 Å². The molecule has 0 rings (SSSR count). The first-order valence-corrected chi connectivity index (χ1v) is 6.15. The fourth-order valence-electron chi connectivity index (χ4n) is 1.52. The van der Waals surface area contributed by atoms with Gasteiger partial charge in [-0.05, 0) is 12.8 Å². The topological polar surface area (TPSA) is 21.1 Å². The lowest BCUT2D eigenvalue weighted by molar-refractivity contribution is -0.862. The summed E-state index contributed by atoms with van der Waals surface area (Å²) in [6.45, 7) is 5.93. The highest BCUT2D eigenvalue weighted by molar-refractivity contribution is 4.53. The first-order valence-electron chi connectivity index (χ1n) is 6.15. The van der Waals surface area contributed by atoms with Crippen molar-refractivity contribution in [1.82, 2.24) is 0 Å². The van der Waals surface area contributed by atoms with Gasteiger partial charge in [-0.15, -0.1) is 0 Å². The van der Waals surface area contributed by atoms with Crippen molar-refractivity contribution >= 4 is 0 Å². The Bertz CT molecular complexity index is 97.6. The minimum Gasteiger partial charge on any atom is -0.351 e. The van der Waals surface area contributed by atoms with Crippen molar-refractivity contribution in [3.05, 3.63) is 0 Å². The van der Waals surface area contributed by atoms with Crippen LogP contribution in [0.15, 0.2) is 0 Å². The predicted molar refractivity (Wildman–Crippen MR) is 66.9 cm³/mol. The number of unbranched alkanes of at least 4 members (excludes halogenated alkanes) is 1. The summed E-state index contributed by atoms with van der Waals surface area (Å²) in [4.78, 5) is 1.59. The first kappa shape index (κ1) is 16.4. The van der Waals surface area contributed by atoms with E-state index in [2.05, 4.69) is 27.9 Å². The summed E-state index contributed by atoms with van der Waals surface area (Å²) >= 11 is 0. The van der Waals surface area contributed by atoms with Crippen molar-refractivity contribution in [2.45, 2.75) is 39.5 Å². The van der Waals surface area contributed by atoms with E-state index < -0.39 is 0 Å². The van der Waals surface area contributed by atoms with Crippen LogP contribution in [0.25, 0.3) is 0 Å². The van der Waals surface area contributed by atoms with Crippen molar-refractivity contribution in [2.24, 2.45) is 5.92 Å². The van der Waals surface area contributed by atoms with Crippen LogP contribution in [-0.2, 0) is 0 Å². The van der Waals surface area contributed by atoms with Crippen LogP contribution in [-0.4, -0.2) is 34.7 Å². The van der Waals surface area contributed by atoms with E-state index in [-0.39, 0.29) is 1.43 Å². The Balaban J connectivity index is -0.000000320. The summed E-state index contributed by atoms with van der Waals surface area (Å²) in [7, 11) is 8.49. The van der Waals surface area contributed by atoms with Crippen LogP contribution in [0.3, 0.4) is 0 Å². The zero-order valence-corrected chi connectivity index (χ0v) is 11.2. The minimum absolute atomic E-state index is 0. The number of quaternary nitrogens is 2. The fourth-order valence-corrected chi connectivity index (χ4v) is 1.52. The number of hydrogen-bond donors (Lipinski definition) is 2. The van der Waals surface area contributed by atoms with Crippen molar-refractivity contribution in [2.75, 3.05) is 34.7 Å². The molecule has 90 valence electrons. The van der Waals surface area contributed by atoms with Gasteiger partial charge in [0.1, 0.15) is 0 Å². The largest absolute Gasteiger partial charge is 0.351 e. The van der Waals surface area contributed by atoms with E-state index in [0.717, 1.165) is 5.92 Å². The second-order valence-electron chi connectivity index (χ2n) is 4.41. The molecule has 2 nitrogen and oxygen atoms in total. The van der Waals surface area contributed by atoms with Crippen molar-refractivity contribution in [3.63, 3.8) is 0 Å². The highest BCUT2D eigenvalue weighted by atomic mass is 15.1. The van der Waals surface area contributed by atoms with Gasteiger partial charge in [0.25, 0.3) is 0 Å². The molecule has 0 amide bonds. The Labute approximate surface area is 92.6 Å². The molecule has 0 bridgehead atoms. The molecule has 2 heteroatoms. The van der Waals surface area contributed by atoms with E-state index >= 15 is 0 Å². The molecule has 0 fully saturated rings. The molecule has 1 atom stereocenters. The SMILES string of the molecule is CCCCC(CC)C[NH+](C)C.C[NH2+]C.[HH]. The van der Waals surface area contributed by atoms with Gasteiger partial charge >= 0.3 is 0 Å². The molecule has 0 aromatic rings. The summed E-state index contributed by atoms with van der Waals surface area (Å²) in [5.41, 5.74) is 0. The molecule has 3 N–H and O–H groups in total. The molecule has 14 heavy (non-hydrogen) atoms. The van der Waals surface area contributed by atoms with Gasteiger partial charge in [-0.2, -0.15) is 0 Å². The lowest BCUT2D eigenvalue weighted by Gasteiger charge is -2.16. The Morgan fingerprint density at radius 3 is 2.00 bits per heavy atom. The molecule has 0 aliphatic heterocycles. The van der Waals surface area contributed by atoms with Crippen LogP contribution in [0.1, 0.15) is 41.0 Å². The lowest BCUT2D eigenvalue weighted by atomic mass is 9.99. The third-order valence-corrected chi connectivity index (χ3v) is 2.24. The summed E-state index contributed by atoms with van der Waals surface area (Å²) in [5, 5.41) is 2.00. The molecule has 0 saturated heterocycles. The molecular weight excluding hydrogens is 172 g/mol. The van der Waals surface area contributed by atoms with Gasteiger partial charge < -0.3 is 10.2 Å². The third-order valence-electron chi connectivity index (χ3n) is 2.24. The highest BCUT2D eigenvalue weighted by Crippen LogP contribution is 2.09. The molecule has 0 aliphatic rings. The molecule has 1 unspecified atom stereocenters. The van der Waals surface area contributed by atoms with Crippen LogP contribution in [0.5, 0.6) is 0 Å². The molecule has 0 spiro atoms. The van der Waals surface area contributed by atoms with Crippen LogP contribution in [0.4, 0.5) is 0 Å². The maximum atomic E-state index is 2.31. The number of nitrogens with one attached hydrogen (secondary N) is 1. The Kier molecular flexibility index (Phi) is 15.1. The van der Waals surface area contributed by atoms with E-state index in [1.807, 2.05) is 19.4 Å². The summed E-state index contributed by atoms with van der Waals surface area (Å²) in [6.07, 6.45) is 5.54. The van der Waals surface area contributed by atoms with Crippen LogP contribution >= 0.6 is 0 Å². The molecule has 0 heterocycles. The Morgan fingerprint density at radius 1 is 1.21 bits per heavy atom. The quantitative estimate of drug-likeness (QED) is 0.628. The van der Waals surface area contributed by atoms with E-state index in [1.165, 1.54) is 32.2 Å². The molecule has 0 saturated carbocycles. The second kappa shape index (κ2) is 12.9. The minimum atomic E-state index is 0. The van der Waals surface area contributed by atoms with E-state index in [4.69, 9.17) is 0 Å². The molecule has 0 aromatic heterocycles. The first-order chi connectivity index (χ1) is 6.62. The predicted octanol–water partition coefficient (Wildman–Crippen LogP) is 0.403. The summed E-state index contributed by atoms with van der Waals surface area (Å²) in [5.74, 6) is 0.958. The Hall–Kier alpha value is -0.0800.